The van der Waals surface area contributed by atoms with Crippen molar-refractivity contribution < 1.29 is 4.52 Å². The third-order valence-electron chi connectivity index (χ3n) is 5.55. The van der Waals surface area contributed by atoms with Crippen LogP contribution >= 0.6 is 11.8 Å². The number of nitrogens with zero attached hydrogens (tertiary/aromatic N) is 5. The molecule has 2 aliphatic heterocycles. The molecule has 0 bridgehead atoms. The Morgan fingerprint density at radius 1 is 1.38 bits per heavy atom. The first kappa shape index (κ1) is 19.5. The summed E-state index contributed by atoms with van der Waals surface area (Å²) in [5.41, 5.74) is 1.26. The number of hydrogen-bond acceptors (Lipinski definition) is 6. The van der Waals surface area contributed by atoms with Crippen LogP contribution in [0.4, 0.5) is 0 Å². The van der Waals surface area contributed by atoms with E-state index in [4.69, 9.17) is 4.52 Å². The summed E-state index contributed by atoms with van der Waals surface area (Å²) >= 11 is 2.05. The number of nitrogens with one attached hydrogen (secondary N) is 1. The molecule has 1 aromatic rings. The highest BCUT2D eigenvalue weighted by Gasteiger charge is 2.37. The topological polar surface area (TPSA) is 60.1 Å². The van der Waals surface area contributed by atoms with Crippen molar-refractivity contribution in [2.45, 2.75) is 25.4 Å². The highest BCUT2D eigenvalue weighted by Crippen LogP contribution is 2.31. The number of aryl methyl sites for hydroxylation is 1. The minimum atomic E-state index is 0.243. The van der Waals surface area contributed by atoms with Crippen LogP contribution in [0.3, 0.4) is 0 Å². The summed E-state index contributed by atoms with van der Waals surface area (Å²) in [6.07, 6.45) is 1.24. The smallest absolute Gasteiger partial charge is 0.193 e. The van der Waals surface area contributed by atoms with Crippen LogP contribution in [0.1, 0.15) is 17.9 Å². The SMILES string of the molecule is CN=C(NCC1(N(C)C)CCSC1)N1CCN(Cc2cc(C)on2)CC1. The molecule has 0 aromatic carbocycles. The summed E-state index contributed by atoms with van der Waals surface area (Å²) in [7, 11) is 6.28. The molecule has 0 spiro atoms. The van der Waals surface area contributed by atoms with Crippen LogP contribution in [-0.4, -0.2) is 96.7 Å². The van der Waals surface area contributed by atoms with Gasteiger partial charge in [0.1, 0.15) is 5.76 Å². The fraction of sp³-hybridized carbons (Fsp3) is 0.778. The van der Waals surface area contributed by atoms with Crippen molar-refractivity contribution in [3.05, 3.63) is 17.5 Å². The van der Waals surface area contributed by atoms with Crippen LogP contribution in [0.5, 0.6) is 0 Å². The Morgan fingerprint density at radius 3 is 2.69 bits per heavy atom. The van der Waals surface area contributed by atoms with Crippen LogP contribution in [-0.2, 0) is 6.54 Å². The van der Waals surface area contributed by atoms with Crippen LogP contribution in [0.2, 0.25) is 0 Å². The number of rotatable bonds is 5. The second-order valence-corrected chi connectivity index (χ2v) is 8.62. The lowest BCUT2D eigenvalue weighted by Gasteiger charge is -2.39. The minimum Gasteiger partial charge on any atom is -0.361 e. The maximum atomic E-state index is 5.17. The van der Waals surface area contributed by atoms with Crippen LogP contribution in [0, 0.1) is 6.92 Å². The minimum absolute atomic E-state index is 0.243. The van der Waals surface area contributed by atoms with E-state index >= 15 is 0 Å². The van der Waals surface area contributed by atoms with Crippen LogP contribution in [0.15, 0.2) is 15.6 Å². The van der Waals surface area contributed by atoms with E-state index in [2.05, 4.69) is 56.0 Å². The second-order valence-electron chi connectivity index (χ2n) is 7.51. The van der Waals surface area contributed by atoms with Gasteiger partial charge in [-0.25, -0.2) is 0 Å². The third-order valence-corrected chi connectivity index (χ3v) is 6.79. The Labute approximate surface area is 161 Å². The lowest BCUT2D eigenvalue weighted by atomic mass is 9.97. The van der Waals surface area contributed by atoms with Gasteiger partial charge in [-0.1, -0.05) is 5.16 Å². The number of thioether (sulfide) groups is 1. The van der Waals surface area contributed by atoms with Crippen molar-refractivity contribution in [2.75, 3.05) is 65.4 Å². The number of likely N-dealkylation sites (N-methyl/N-ethyl adjacent to an activating group) is 1. The van der Waals surface area contributed by atoms with E-state index in [9.17, 15) is 0 Å². The van der Waals surface area contributed by atoms with Gasteiger partial charge in [0.05, 0.1) is 5.69 Å². The first-order valence-electron chi connectivity index (χ1n) is 9.38. The molecule has 1 aromatic heterocycles. The van der Waals surface area contributed by atoms with Crippen molar-refractivity contribution in [1.82, 2.24) is 25.2 Å². The molecular formula is C18H32N6OS. The van der Waals surface area contributed by atoms with Gasteiger partial charge < -0.3 is 19.6 Å². The lowest BCUT2D eigenvalue weighted by molar-refractivity contribution is 0.161. The van der Waals surface area contributed by atoms with Crippen molar-refractivity contribution in [2.24, 2.45) is 4.99 Å². The zero-order valence-corrected chi connectivity index (χ0v) is 17.3. The second kappa shape index (κ2) is 8.63. The molecule has 1 atom stereocenters. The Balaban J connectivity index is 1.49. The van der Waals surface area contributed by atoms with Gasteiger partial charge >= 0.3 is 0 Å². The average molecular weight is 381 g/mol. The van der Waals surface area contributed by atoms with E-state index < -0.39 is 0 Å². The highest BCUT2D eigenvalue weighted by atomic mass is 32.2. The molecule has 0 saturated carbocycles. The van der Waals surface area contributed by atoms with Gasteiger partial charge in [-0.05, 0) is 33.2 Å². The molecule has 8 heteroatoms. The van der Waals surface area contributed by atoms with Gasteiger partial charge in [0.15, 0.2) is 5.96 Å². The molecule has 0 amide bonds. The largest absolute Gasteiger partial charge is 0.361 e. The van der Waals surface area contributed by atoms with E-state index in [0.717, 1.165) is 56.7 Å². The first-order valence-corrected chi connectivity index (χ1v) is 10.5. The molecule has 3 heterocycles. The molecule has 0 aliphatic carbocycles. The molecule has 1 N–H and O–H groups in total. The molecule has 2 saturated heterocycles. The quantitative estimate of drug-likeness (QED) is 0.607. The number of aliphatic imine (C=N–C) groups is 1. The number of hydrogen-bond donors (Lipinski definition) is 1. The number of piperazine rings is 1. The van der Waals surface area contributed by atoms with Crippen molar-refractivity contribution in [3.63, 3.8) is 0 Å². The fourth-order valence-corrected chi connectivity index (χ4v) is 5.22. The zero-order chi connectivity index (χ0) is 18.6. The van der Waals surface area contributed by atoms with Gasteiger partial charge in [-0.3, -0.25) is 9.89 Å². The summed E-state index contributed by atoms with van der Waals surface area (Å²) in [5.74, 6) is 4.34. The molecule has 2 aliphatic rings. The standard InChI is InChI=1S/C18H32N6OS/c1-15-11-16(21-25-15)12-23-6-8-24(9-7-23)17(19-2)20-13-18(22(3)4)5-10-26-14-18/h11H,5-10,12-14H2,1-4H3,(H,19,20). The molecule has 0 radical (unpaired) electrons. The lowest BCUT2D eigenvalue weighted by Crippen LogP contribution is -2.57. The molecule has 7 nitrogen and oxygen atoms in total. The molecule has 2 fully saturated rings. The highest BCUT2D eigenvalue weighted by molar-refractivity contribution is 7.99. The molecule has 3 rings (SSSR count). The Hall–Kier alpha value is -1.25. The summed E-state index contributed by atoms with van der Waals surface area (Å²) in [6.45, 7) is 7.76. The third kappa shape index (κ3) is 4.53. The maximum Gasteiger partial charge on any atom is 0.193 e. The van der Waals surface area contributed by atoms with E-state index in [1.54, 1.807) is 0 Å². The van der Waals surface area contributed by atoms with E-state index in [1.165, 1.54) is 17.9 Å². The van der Waals surface area contributed by atoms with Gasteiger partial charge in [-0.15, -0.1) is 0 Å². The predicted octanol–water partition coefficient (Wildman–Crippen LogP) is 1.11. The Kier molecular flexibility index (Phi) is 6.47. The van der Waals surface area contributed by atoms with Gasteiger partial charge in [0, 0.05) is 63.7 Å². The normalized spacial score (nSPS) is 25.3. The van der Waals surface area contributed by atoms with E-state index in [1.807, 2.05) is 20.0 Å². The van der Waals surface area contributed by atoms with Gasteiger partial charge in [-0.2, -0.15) is 11.8 Å². The molecule has 146 valence electrons. The monoisotopic (exact) mass is 380 g/mol. The Bertz CT molecular complexity index is 603. The number of guanidine groups is 1. The van der Waals surface area contributed by atoms with E-state index in [-0.39, 0.29) is 5.54 Å². The summed E-state index contributed by atoms with van der Waals surface area (Å²) in [6, 6.07) is 2.02. The zero-order valence-electron chi connectivity index (χ0n) is 16.5. The first-order chi connectivity index (χ1) is 12.5. The van der Waals surface area contributed by atoms with Crippen molar-refractivity contribution in [1.29, 1.82) is 0 Å². The van der Waals surface area contributed by atoms with Gasteiger partial charge in [0.25, 0.3) is 0 Å². The molecule has 1 unspecified atom stereocenters. The summed E-state index contributed by atoms with van der Waals surface area (Å²) in [4.78, 5) is 11.7. The van der Waals surface area contributed by atoms with Gasteiger partial charge in [0.2, 0.25) is 0 Å². The average Bonchev–Trinajstić information content (AvgIpc) is 3.27. The number of aromatic nitrogens is 1. The fourth-order valence-electron chi connectivity index (χ4n) is 3.66. The Morgan fingerprint density at radius 2 is 2.15 bits per heavy atom. The van der Waals surface area contributed by atoms with Crippen LogP contribution < -0.4 is 5.32 Å². The summed E-state index contributed by atoms with van der Waals surface area (Å²) < 4.78 is 5.17. The van der Waals surface area contributed by atoms with E-state index in [0.29, 0.717) is 0 Å². The van der Waals surface area contributed by atoms with Crippen LogP contribution in [0.25, 0.3) is 0 Å². The van der Waals surface area contributed by atoms with Crippen molar-refractivity contribution >= 4 is 17.7 Å². The van der Waals surface area contributed by atoms with Crippen molar-refractivity contribution in [3.8, 4) is 0 Å². The summed E-state index contributed by atoms with van der Waals surface area (Å²) in [5, 5.41) is 7.75. The molecular weight excluding hydrogens is 348 g/mol. The molecule has 26 heavy (non-hydrogen) atoms. The maximum absolute atomic E-state index is 5.17. The predicted molar refractivity (Wildman–Crippen MR) is 108 cm³/mol.